The van der Waals surface area contributed by atoms with E-state index < -0.39 is 0 Å². The molecular formula is C50H29NOS2. The van der Waals surface area contributed by atoms with Gasteiger partial charge in [-0.3, -0.25) is 0 Å². The minimum Gasteiger partial charge on any atom is -0.456 e. The van der Waals surface area contributed by atoms with E-state index >= 15 is 0 Å². The number of rotatable bonds is 4. The van der Waals surface area contributed by atoms with Gasteiger partial charge in [0.05, 0.1) is 21.5 Å². The highest BCUT2D eigenvalue weighted by Crippen LogP contribution is 2.50. The number of hydrogen-bond donors (Lipinski definition) is 0. The zero-order chi connectivity index (χ0) is 35.3. The average molecular weight is 724 g/mol. The van der Waals surface area contributed by atoms with Crippen molar-refractivity contribution < 1.29 is 4.42 Å². The summed E-state index contributed by atoms with van der Waals surface area (Å²) in [7, 11) is 0. The Morgan fingerprint density at radius 1 is 0.370 bits per heavy atom. The Bertz CT molecular complexity index is 3460. The third-order valence-corrected chi connectivity index (χ3v) is 13.4. The van der Waals surface area contributed by atoms with Crippen LogP contribution in [-0.4, -0.2) is 0 Å². The molecule has 12 aromatic rings. The number of furan rings is 1. The molecule has 0 unspecified atom stereocenters. The Labute approximate surface area is 318 Å². The predicted molar refractivity (Wildman–Crippen MR) is 235 cm³/mol. The summed E-state index contributed by atoms with van der Waals surface area (Å²) < 4.78 is 11.8. The quantitative estimate of drug-likeness (QED) is 0.180. The summed E-state index contributed by atoms with van der Waals surface area (Å²) in [6.07, 6.45) is 0. The lowest BCUT2D eigenvalue weighted by Crippen LogP contribution is -2.10. The second-order valence-corrected chi connectivity index (χ2v) is 16.2. The van der Waals surface area contributed by atoms with Crippen molar-refractivity contribution in [3.8, 4) is 11.1 Å². The normalized spacial score (nSPS) is 12.1. The molecule has 0 radical (unpaired) electrons. The van der Waals surface area contributed by atoms with Crippen LogP contribution >= 0.6 is 22.7 Å². The smallest absolute Gasteiger partial charge is 0.137 e. The lowest BCUT2D eigenvalue weighted by Gasteiger charge is -2.27. The van der Waals surface area contributed by atoms with Crippen LogP contribution in [0.2, 0.25) is 0 Å². The molecule has 0 amide bonds. The van der Waals surface area contributed by atoms with Gasteiger partial charge in [0.25, 0.3) is 0 Å². The summed E-state index contributed by atoms with van der Waals surface area (Å²) in [6.45, 7) is 0. The Hall–Kier alpha value is -6.46. The summed E-state index contributed by atoms with van der Waals surface area (Å²) in [5, 5.41) is 12.4. The molecule has 0 bridgehead atoms. The fraction of sp³-hybridized carbons (Fsp3) is 0. The zero-order valence-corrected chi connectivity index (χ0v) is 30.5. The molecule has 0 atom stereocenters. The first-order valence-corrected chi connectivity index (χ1v) is 19.9. The van der Waals surface area contributed by atoms with E-state index in [1.165, 1.54) is 78.4 Å². The fourth-order valence-electron chi connectivity index (χ4n) is 8.48. The molecular weight excluding hydrogens is 695 g/mol. The molecule has 3 aromatic heterocycles. The fourth-order valence-corrected chi connectivity index (χ4v) is 11.0. The van der Waals surface area contributed by atoms with Crippen LogP contribution < -0.4 is 4.90 Å². The van der Waals surface area contributed by atoms with Crippen molar-refractivity contribution in [2.45, 2.75) is 0 Å². The number of hydrogen-bond acceptors (Lipinski definition) is 4. The molecule has 0 aliphatic heterocycles. The molecule has 252 valence electrons. The van der Waals surface area contributed by atoms with Crippen molar-refractivity contribution in [3.05, 3.63) is 176 Å². The van der Waals surface area contributed by atoms with Gasteiger partial charge < -0.3 is 9.32 Å². The summed E-state index contributed by atoms with van der Waals surface area (Å²) in [6, 6.07) is 64.2. The molecule has 0 aliphatic rings. The Morgan fingerprint density at radius 2 is 1.02 bits per heavy atom. The molecule has 0 aliphatic carbocycles. The van der Waals surface area contributed by atoms with Crippen LogP contribution in [0.1, 0.15) is 0 Å². The number of anilines is 3. The highest BCUT2D eigenvalue weighted by molar-refractivity contribution is 7.27. The van der Waals surface area contributed by atoms with Gasteiger partial charge in [0, 0.05) is 46.7 Å². The molecule has 0 spiro atoms. The molecule has 0 saturated heterocycles. The molecule has 2 nitrogen and oxygen atoms in total. The predicted octanol–water partition coefficient (Wildman–Crippen LogP) is 15.8. The molecule has 0 N–H and O–H groups in total. The van der Waals surface area contributed by atoms with E-state index in [1.54, 1.807) is 0 Å². The maximum Gasteiger partial charge on any atom is 0.137 e. The van der Waals surface area contributed by atoms with Crippen molar-refractivity contribution in [1.82, 2.24) is 0 Å². The minimum atomic E-state index is 0.889. The first-order chi connectivity index (χ1) is 26.7. The van der Waals surface area contributed by atoms with Crippen LogP contribution in [0.3, 0.4) is 0 Å². The SMILES string of the molecule is c1ccc2cc(-c3ccc(N(c4cccc5c4sc4cc6ccccc6cc45)c4cccc5oc6ccc7c8ccccc8sc7c6c45)cc3)ccc2c1. The second kappa shape index (κ2) is 11.5. The third kappa shape index (κ3) is 4.45. The molecule has 54 heavy (non-hydrogen) atoms. The van der Waals surface area contributed by atoms with E-state index in [2.05, 4.69) is 181 Å². The lowest BCUT2D eigenvalue weighted by molar-refractivity contribution is 0.669. The summed E-state index contributed by atoms with van der Waals surface area (Å²) in [5.74, 6) is 0. The molecule has 3 heterocycles. The van der Waals surface area contributed by atoms with Crippen LogP contribution in [0.5, 0.6) is 0 Å². The zero-order valence-electron chi connectivity index (χ0n) is 28.9. The first-order valence-electron chi connectivity index (χ1n) is 18.2. The van der Waals surface area contributed by atoms with Crippen LogP contribution in [0.15, 0.2) is 180 Å². The van der Waals surface area contributed by atoms with Crippen molar-refractivity contribution in [2.24, 2.45) is 0 Å². The van der Waals surface area contributed by atoms with Gasteiger partial charge in [-0.15, -0.1) is 22.7 Å². The van der Waals surface area contributed by atoms with E-state index in [9.17, 15) is 0 Å². The number of benzene rings is 9. The van der Waals surface area contributed by atoms with Gasteiger partial charge in [0.1, 0.15) is 11.2 Å². The van der Waals surface area contributed by atoms with E-state index in [1.807, 2.05) is 22.7 Å². The number of thiophene rings is 2. The summed E-state index contributed by atoms with van der Waals surface area (Å²) >= 11 is 3.73. The number of fused-ring (bicyclic) bond motifs is 12. The van der Waals surface area contributed by atoms with Gasteiger partial charge in [-0.1, -0.05) is 109 Å². The van der Waals surface area contributed by atoms with Crippen LogP contribution in [0, 0.1) is 0 Å². The summed E-state index contributed by atoms with van der Waals surface area (Å²) in [4.78, 5) is 2.46. The lowest BCUT2D eigenvalue weighted by atomic mass is 10.0. The van der Waals surface area contributed by atoms with Gasteiger partial charge in [-0.05, 0) is 99.4 Å². The topological polar surface area (TPSA) is 16.4 Å². The maximum atomic E-state index is 6.69. The highest BCUT2D eigenvalue weighted by atomic mass is 32.1. The Balaban J connectivity index is 1.13. The molecule has 9 aromatic carbocycles. The van der Waals surface area contributed by atoms with E-state index in [4.69, 9.17) is 4.42 Å². The van der Waals surface area contributed by atoms with Crippen molar-refractivity contribution in [1.29, 1.82) is 0 Å². The van der Waals surface area contributed by atoms with Crippen molar-refractivity contribution >= 4 is 124 Å². The van der Waals surface area contributed by atoms with E-state index in [-0.39, 0.29) is 0 Å². The van der Waals surface area contributed by atoms with Gasteiger partial charge >= 0.3 is 0 Å². The van der Waals surface area contributed by atoms with Gasteiger partial charge in [0.15, 0.2) is 0 Å². The monoisotopic (exact) mass is 723 g/mol. The largest absolute Gasteiger partial charge is 0.456 e. The van der Waals surface area contributed by atoms with Crippen molar-refractivity contribution in [2.75, 3.05) is 4.90 Å². The molecule has 0 saturated carbocycles. The maximum absolute atomic E-state index is 6.69. The van der Waals surface area contributed by atoms with Gasteiger partial charge in [-0.2, -0.15) is 0 Å². The van der Waals surface area contributed by atoms with Crippen LogP contribution in [-0.2, 0) is 0 Å². The van der Waals surface area contributed by atoms with Crippen LogP contribution in [0.25, 0.3) is 95.0 Å². The van der Waals surface area contributed by atoms with Gasteiger partial charge in [0.2, 0.25) is 0 Å². The van der Waals surface area contributed by atoms with Crippen molar-refractivity contribution in [3.63, 3.8) is 0 Å². The summed E-state index contributed by atoms with van der Waals surface area (Å²) in [5.41, 5.74) is 7.55. The first kappa shape index (κ1) is 30.0. The van der Waals surface area contributed by atoms with E-state index in [0.29, 0.717) is 0 Å². The third-order valence-electron chi connectivity index (χ3n) is 11.0. The standard InChI is InChI=1S/C50H29NOS2/c1-2-10-32-27-35(20-19-30(32)9-1)31-21-23-36(24-22-31)51(42-16-7-14-38-40-28-33-11-3-4-12-34(33)29-46(40)54-49(38)42)41-15-8-17-43-47(41)48-44(52-43)26-25-39-37-13-5-6-18-45(37)53-50(39)48/h1-29H. The Morgan fingerprint density at radius 3 is 1.89 bits per heavy atom. The molecule has 4 heteroatoms. The van der Waals surface area contributed by atoms with Crippen LogP contribution in [0.4, 0.5) is 17.1 Å². The highest BCUT2D eigenvalue weighted by Gasteiger charge is 2.24. The molecule has 12 rings (SSSR count). The van der Waals surface area contributed by atoms with E-state index in [0.717, 1.165) is 33.6 Å². The second-order valence-electron chi connectivity index (χ2n) is 14.1. The number of nitrogens with zero attached hydrogens (tertiary/aromatic N) is 1. The molecule has 0 fully saturated rings. The average Bonchev–Trinajstić information content (AvgIpc) is 3.92. The van der Waals surface area contributed by atoms with Gasteiger partial charge in [-0.25, -0.2) is 0 Å². The Kier molecular flexibility index (Phi) is 6.41. The minimum absolute atomic E-state index is 0.889.